The lowest BCUT2D eigenvalue weighted by atomic mass is 9.78. The molecule has 0 spiro atoms. The van der Waals surface area contributed by atoms with Crippen LogP contribution in [0, 0.1) is 0 Å². The predicted molar refractivity (Wildman–Crippen MR) is 92.9 cm³/mol. The van der Waals surface area contributed by atoms with Gasteiger partial charge in [0.25, 0.3) is 0 Å². The van der Waals surface area contributed by atoms with E-state index in [0.717, 1.165) is 19.4 Å². The molecule has 0 amide bonds. The number of hydrogen-bond acceptors (Lipinski definition) is 3. The minimum absolute atomic E-state index is 0.145. The maximum Gasteiger partial charge on any atom is 0.309 e. The number of esters is 1. The minimum atomic E-state index is -0.145. The van der Waals surface area contributed by atoms with E-state index >= 15 is 0 Å². The van der Waals surface area contributed by atoms with E-state index in [-0.39, 0.29) is 5.97 Å². The molecule has 128 valence electrons. The maximum atomic E-state index is 11.9. The molecule has 0 unspecified atom stereocenters. The molecule has 0 heterocycles. The number of rotatable bonds is 7. The van der Waals surface area contributed by atoms with Gasteiger partial charge in [0.2, 0.25) is 0 Å². The van der Waals surface area contributed by atoms with Gasteiger partial charge < -0.3 is 9.47 Å². The molecule has 0 radical (unpaired) electrons. The van der Waals surface area contributed by atoms with E-state index in [1.54, 1.807) is 7.11 Å². The van der Waals surface area contributed by atoms with Gasteiger partial charge in [-0.25, -0.2) is 0 Å². The highest BCUT2D eigenvalue weighted by Crippen LogP contribution is 2.37. The first-order valence-electron chi connectivity index (χ1n) is 8.89. The number of hydrogen-bond donors (Lipinski definition) is 0. The van der Waals surface area contributed by atoms with Crippen molar-refractivity contribution in [3.8, 4) is 0 Å². The quantitative estimate of drug-likeness (QED) is 0.707. The molecule has 1 aromatic carbocycles. The monoisotopic (exact) mass is 318 g/mol. The Balaban J connectivity index is 2.43. The molecule has 0 aromatic heterocycles. The van der Waals surface area contributed by atoms with Crippen LogP contribution in [0.5, 0.6) is 0 Å². The third-order valence-electron chi connectivity index (χ3n) is 4.97. The Labute approximate surface area is 140 Å². The van der Waals surface area contributed by atoms with E-state index in [4.69, 9.17) is 9.47 Å². The average molecular weight is 318 g/mol. The van der Waals surface area contributed by atoms with E-state index in [9.17, 15) is 4.79 Å². The van der Waals surface area contributed by atoms with Gasteiger partial charge >= 0.3 is 5.97 Å². The van der Waals surface area contributed by atoms with Gasteiger partial charge in [-0.2, -0.15) is 0 Å². The summed E-state index contributed by atoms with van der Waals surface area (Å²) in [7, 11) is 3.22. The highest BCUT2D eigenvalue weighted by molar-refractivity contribution is 5.73. The van der Waals surface area contributed by atoms with E-state index < -0.39 is 0 Å². The molecular formula is C20H30O3. The standard InChI is InChI=1S/C20H30O3/c1-4-15-12-17(10-11-22-2)20(16-8-6-5-7-9-16)18(13-15)14-19(21)23-3/h12-13,16H,4-11,14H2,1-3H3. The number of benzene rings is 1. The van der Waals surface area contributed by atoms with Crippen molar-refractivity contribution in [3.63, 3.8) is 0 Å². The smallest absolute Gasteiger partial charge is 0.309 e. The SMILES string of the molecule is CCc1cc(CCOC)c(C2CCCCC2)c(CC(=O)OC)c1. The van der Waals surface area contributed by atoms with Crippen LogP contribution < -0.4 is 0 Å². The van der Waals surface area contributed by atoms with E-state index in [1.165, 1.54) is 61.5 Å². The average Bonchev–Trinajstić information content (AvgIpc) is 2.60. The van der Waals surface area contributed by atoms with Crippen molar-refractivity contribution in [2.75, 3.05) is 20.8 Å². The summed E-state index contributed by atoms with van der Waals surface area (Å²) in [5.74, 6) is 0.439. The molecule has 1 fully saturated rings. The summed E-state index contributed by atoms with van der Waals surface area (Å²) in [4.78, 5) is 11.9. The molecule has 1 aliphatic carbocycles. The minimum Gasteiger partial charge on any atom is -0.469 e. The van der Waals surface area contributed by atoms with Crippen molar-refractivity contribution >= 4 is 5.97 Å². The maximum absolute atomic E-state index is 11.9. The summed E-state index contributed by atoms with van der Waals surface area (Å²) in [6, 6.07) is 4.54. The van der Waals surface area contributed by atoms with Crippen molar-refractivity contribution in [2.24, 2.45) is 0 Å². The Bertz CT molecular complexity index is 516. The molecule has 1 aromatic rings. The number of carbonyl (C=O) groups excluding carboxylic acids is 1. The van der Waals surface area contributed by atoms with Crippen molar-refractivity contribution in [2.45, 2.75) is 64.2 Å². The number of aryl methyl sites for hydroxylation is 1. The van der Waals surface area contributed by atoms with Gasteiger partial charge in [-0.05, 0) is 53.9 Å². The van der Waals surface area contributed by atoms with Crippen molar-refractivity contribution < 1.29 is 14.3 Å². The zero-order chi connectivity index (χ0) is 16.7. The molecule has 0 aliphatic heterocycles. The van der Waals surface area contributed by atoms with Gasteiger partial charge in [0.1, 0.15) is 0 Å². The van der Waals surface area contributed by atoms with Gasteiger partial charge in [0.15, 0.2) is 0 Å². The molecular weight excluding hydrogens is 288 g/mol. The van der Waals surface area contributed by atoms with E-state index in [2.05, 4.69) is 19.1 Å². The van der Waals surface area contributed by atoms with Crippen LogP contribution in [-0.2, 0) is 33.5 Å². The molecule has 0 saturated heterocycles. The largest absolute Gasteiger partial charge is 0.469 e. The van der Waals surface area contributed by atoms with E-state index in [1.807, 2.05) is 0 Å². The van der Waals surface area contributed by atoms with Crippen LogP contribution in [0.15, 0.2) is 12.1 Å². The van der Waals surface area contributed by atoms with Gasteiger partial charge in [0.05, 0.1) is 20.1 Å². The van der Waals surface area contributed by atoms with Crippen molar-refractivity contribution in [1.29, 1.82) is 0 Å². The molecule has 2 rings (SSSR count). The molecule has 3 heteroatoms. The van der Waals surface area contributed by atoms with Crippen LogP contribution in [0.25, 0.3) is 0 Å². The van der Waals surface area contributed by atoms with Crippen LogP contribution >= 0.6 is 0 Å². The number of ether oxygens (including phenoxy) is 2. The number of methoxy groups -OCH3 is 2. The second-order valence-electron chi connectivity index (χ2n) is 6.51. The fraction of sp³-hybridized carbons (Fsp3) is 0.650. The molecule has 0 atom stereocenters. The van der Waals surface area contributed by atoms with Gasteiger partial charge in [-0.15, -0.1) is 0 Å². The lowest BCUT2D eigenvalue weighted by Crippen LogP contribution is -2.15. The highest BCUT2D eigenvalue weighted by atomic mass is 16.5. The fourth-order valence-electron chi connectivity index (χ4n) is 3.76. The Kier molecular flexibility index (Phi) is 7.10. The normalized spacial score (nSPS) is 15.6. The summed E-state index contributed by atoms with van der Waals surface area (Å²) in [6.45, 7) is 2.89. The second-order valence-corrected chi connectivity index (χ2v) is 6.51. The topological polar surface area (TPSA) is 35.5 Å². The Morgan fingerprint density at radius 3 is 2.43 bits per heavy atom. The summed E-state index contributed by atoms with van der Waals surface area (Å²) >= 11 is 0. The summed E-state index contributed by atoms with van der Waals surface area (Å²) < 4.78 is 10.2. The zero-order valence-corrected chi connectivity index (χ0v) is 14.8. The molecule has 0 bridgehead atoms. The molecule has 23 heavy (non-hydrogen) atoms. The van der Waals surface area contributed by atoms with Gasteiger partial charge in [0, 0.05) is 7.11 Å². The van der Waals surface area contributed by atoms with Crippen molar-refractivity contribution in [1.82, 2.24) is 0 Å². The third kappa shape index (κ3) is 4.81. The Morgan fingerprint density at radius 2 is 1.83 bits per heavy atom. The summed E-state index contributed by atoms with van der Waals surface area (Å²) in [6.07, 6.45) is 8.69. The van der Waals surface area contributed by atoms with Crippen molar-refractivity contribution in [3.05, 3.63) is 34.4 Å². The van der Waals surface area contributed by atoms with Crippen LogP contribution in [0.2, 0.25) is 0 Å². The zero-order valence-electron chi connectivity index (χ0n) is 14.8. The first-order valence-corrected chi connectivity index (χ1v) is 8.89. The highest BCUT2D eigenvalue weighted by Gasteiger charge is 2.23. The van der Waals surface area contributed by atoms with Gasteiger partial charge in [-0.1, -0.05) is 38.3 Å². The van der Waals surface area contributed by atoms with Crippen LogP contribution in [0.1, 0.15) is 67.2 Å². The molecule has 0 N–H and O–H groups in total. The Morgan fingerprint density at radius 1 is 1.13 bits per heavy atom. The summed E-state index contributed by atoms with van der Waals surface area (Å²) in [5.41, 5.74) is 5.25. The third-order valence-corrected chi connectivity index (χ3v) is 4.97. The molecule has 1 aliphatic rings. The summed E-state index contributed by atoms with van der Waals surface area (Å²) in [5, 5.41) is 0. The first kappa shape index (κ1) is 18.0. The van der Waals surface area contributed by atoms with Gasteiger partial charge in [-0.3, -0.25) is 4.79 Å². The molecule has 1 saturated carbocycles. The Hall–Kier alpha value is -1.35. The number of carbonyl (C=O) groups is 1. The fourth-order valence-corrected chi connectivity index (χ4v) is 3.76. The molecule has 3 nitrogen and oxygen atoms in total. The second kappa shape index (κ2) is 9.07. The van der Waals surface area contributed by atoms with Crippen LogP contribution in [0.4, 0.5) is 0 Å². The van der Waals surface area contributed by atoms with Crippen LogP contribution in [-0.4, -0.2) is 26.8 Å². The predicted octanol–water partition coefficient (Wildman–Crippen LogP) is 4.20. The van der Waals surface area contributed by atoms with Crippen LogP contribution in [0.3, 0.4) is 0 Å². The van der Waals surface area contributed by atoms with E-state index in [0.29, 0.717) is 12.3 Å². The first-order chi connectivity index (χ1) is 11.2. The lowest BCUT2D eigenvalue weighted by Gasteiger charge is -2.27. The lowest BCUT2D eigenvalue weighted by molar-refractivity contribution is -0.139.